The summed E-state index contributed by atoms with van der Waals surface area (Å²) in [6.07, 6.45) is 4.22. The van der Waals surface area contributed by atoms with E-state index in [9.17, 15) is 14.4 Å². The number of anilines is 1. The standard InChI is InChI=1S/C21H26N6O3/c1-3-4-6-14-7-9-15(10-8-14)25-11-5-12-26-17-18(23-20(25)26)24(2)21(30)27(19(17)29)13-16(22)28/h7-10,17H,3-6,11-13H2,1-2H3,(H-,22,28)/p+1. The number of urea groups is 1. The number of fused-ring (bicyclic) bond motifs is 2. The van der Waals surface area contributed by atoms with Crippen molar-refractivity contribution in [2.45, 2.75) is 38.6 Å². The van der Waals surface area contributed by atoms with Crippen LogP contribution in [-0.2, 0) is 16.0 Å². The molecule has 3 aliphatic heterocycles. The minimum Gasteiger partial charge on any atom is -0.368 e. The third kappa shape index (κ3) is 3.34. The first-order valence-electron chi connectivity index (χ1n) is 10.4. The van der Waals surface area contributed by atoms with Crippen LogP contribution in [0.1, 0.15) is 31.7 Å². The Morgan fingerprint density at radius 2 is 2.00 bits per heavy atom. The number of imide groups is 1. The molecule has 0 bridgehead atoms. The Morgan fingerprint density at radius 3 is 2.67 bits per heavy atom. The Morgan fingerprint density at radius 1 is 1.27 bits per heavy atom. The number of nitrogens with two attached hydrogens (primary N) is 1. The molecule has 4 amide bonds. The second-order valence-corrected chi connectivity index (χ2v) is 7.87. The lowest BCUT2D eigenvalue weighted by Crippen LogP contribution is -2.64. The van der Waals surface area contributed by atoms with Gasteiger partial charge in [-0.25, -0.2) is 14.3 Å². The maximum atomic E-state index is 13.1. The molecule has 0 radical (unpaired) electrons. The molecule has 1 unspecified atom stereocenters. The van der Waals surface area contributed by atoms with Crippen LogP contribution < -0.4 is 10.6 Å². The average Bonchev–Trinajstić information content (AvgIpc) is 3.14. The number of hydrogen-bond acceptors (Lipinski definition) is 5. The monoisotopic (exact) mass is 411 g/mol. The fraction of sp³-hybridized carbons (Fsp3) is 0.476. The van der Waals surface area contributed by atoms with Crippen molar-refractivity contribution in [3.8, 4) is 0 Å². The number of hydrogen-bond donors (Lipinski definition) is 1. The quantitative estimate of drug-likeness (QED) is 0.699. The van der Waals surface area contributed by atoms with Crippen molar-refractivity contribution < 1.29 is 19.0 Å². The van der Waals surface area contributed by atoms with E-state index in [0.717, 1.165) is 42.8 Å². The van der Waals surface area contributed by atoms with E-state index in [1.54, 1.807) is 7.05 Å². The number of aryl methyl sites for hydroxylation is 1. The van der Waals surface area contributed by atoms with Crippen LogP contribution in [0.2, 0.25) is 0 Å². The molecule has 1 saturated heterocycles. The number of benzene rings is 1. The summed E-state index contributed by atoms with van der Waals surface area (Å²) in [5.74, 6) is -0.123. The van der Waals surface area contributed by atoms with Crippen LogP contribution in [0.5, 0.6) is 0 Å². The molecule has 4 rings (SSSR count). The van der Waals surface area contributed by atoms with Crippen molar-refractivity contribution in [3.05, 3.63) is 29.8 Å². The maximum Gasteiger partial charge on any atom is 0.397 e. The fourth-order valence-electron chi connectivity index (χ4n) is 4.22. The maximum absolute atomic E-state index is 13.1. The first kappa shape index (κ1) is 20.1. The summed E-state index contributed by atoms with van der Waals surface area (Å²) in [6, 6.07) is 7.14. The van der Waals surface area contributed by atoms with Gasteiger partial charge in [0.2, 0.25) is 17.8 Å². The van der Waals surface area contributed by atoms with E-state index in [1.807, 2.05) is 4.58 Å². The zero-order valence-corrected chi connectivity index (χ0v) is 17.4. The number of aliphatic imine (C=N–C) groups is 1. The number of nitrogens with zero attached hydrogens (tertiary/aromatic N) is 5. The molecule has 3 aliphatic rings. The van der Waals surface area contributed by atoms with E-state index >= 15 is 0 Å². The van der Waals surface area contributed by atoms with Crippen molar-refractivity contribution in [2.75, 3.05) is 31.6 Å². The number of carbonyl (C=O) groups excluding carboxylic acids is 3. The molecule has 3 heterocycles. The normalized spacial score (nSPS) is 21.1. The van der Waals surface area contributed by atoms with Crippen LogP contribution in [-0.4, -0.2) is 76.7 Å². The SMILES string of the molecule is CCCCc1ccc(N2CCC[N+]3=C2N=C2C3C(=O)N(CC(N)=O)C(=O)N2C)cc1. The minimum absolute atomic E-state index is 0.396. The predicted octanol–water partition coefficient (Wildman–Crippen LogP) is 0.768. The number of guanidine groups is 1. The van der Waals surface area contributed by atoms with Gasteiger partial charge >= 0.3 is 12.0 Å². The van der Waals surface area contributed by atoms with Crippen LogP contribution in [0.25, 0.3) is 0 Å². The molecule has 1 fully saturated rings. The van der Waals surface area contributed by atoms with E-state index in [-0.39, 0.29) is 0 Å². The Balaban J connectivity index is 1.66. The third-order valence-electron chi connectivity index (χ3n) is 5.79. The summed E-state index contributed by atoms with van der Waals surface area (Å²) in [7, 11) is 1.57. The number of carbonyl (C=O) groups is 3. The Labute approximate surface area is 175 Å². The van der Waals surface area contributed by atoms with Gasteiger partial charge in [-0.15, -0.1) is 0 Å². The van der Waals surface area contributed by atoms with Gasteiger partial charge in [0.1, 0.15) is 12.2 Å². The first-order valence-corrected chi connectivity index (χ1v) is 10.4. The first-order chi connectivity index (χ1) is 14.4. The van der Waals surface area contributed by atoms with E-state index < -0.39 is 30.4 Å². The highest BCUT2D eigenvalue weighted by Gasteiger charge is 2.54. The molecular formula is C21H27N6O3+. The van der Waals surface area contributed by atoms with Crippen LogP contribution in [0.15, 0.2) is 29.3 Å². The van der Waals surface area contributed by atoms with Gasteiger partial charge < -0.3 is 5.73 Å². The van der Waals surface area contributed by atoms with Gasteiger partial charge in [0.15, 0.2) is 0 Å². The summed E-state index contributed by atoms with van der Waals surface area (Å²) in [5, 5.41) is 0. The Bertz CT molecular complexity index is 952. The molecule has 30 heavy (non-hydrogen) atoms. The van der Waals surface area contributed by atoms with Crippen molar-refractivity contribution in [1.82, 2.24) is 9.80 Å². The van der Waals surface area contributed by atoms with Crippen molar-refractivity contribution in [1.29, 1.82) is 0 Å². The van der Waals surface area contributed by atoms with Gasteiger partial charge in [0, 0.05) is 13.5 Å². The molecule has 158 valence electrons. The topological polar surface area (TPSA) is 102 Å². The molecule has 2 N–H and O–H groups in total. The molecule has 0 aliphatic carbocycles. The summed E-state index contributed by atoms with van der Waals surface area (Å²) >= 11 is 0. The highest BCUT2D eigenvalue weighted by Crippen LogP contribution is 2.26. The lowest BCUT2D eigenvalue weighted by atomic mass is 10.1. The van der Waals surface area contributed by atoms with Gasteiger partial charge in [-0.2, -0.15) is 0 Å². The molecule has 9 nitrogen and oxygen atoms in total. The van der Waals surface area contributed by atoms with E-state index in [2.05, 4.69) is 41.1 Å². The Hall–Kier alpha value is -3.23. The van der Waals surface area contributed by atoms with Gasteiger partial charge in [0.25, 0.3) is 5.91 Å². The molecule has 9 heteroatoms. The van der Waals surface area contributed by atoms with Gasteiger partial charge in [-0.3, -0.25) is 19.4 Å². The number of amidine groups is 1. The van der Waals surface area contributed by atoms with Gasteiger partial charge in [-0.1, -0.05) is 30.5 Å². The largest absolute Gasteiger partial charge is 0.397 e. The number of unbranched alkanes of at least 4 members (excludes halogenated alkanes) is 1. The molecule has 1 aromatic carbocycles. The van der Waals surface area contributed by atoms with Crippen LogP contribution in [0.4, 0.5) is 10.5 Å². The van der Waals surface area contributed by atoms with Crippen molar-refractivity contribution in [2.24, 2.45) is 10.7 Å². The lowest BCUT2D eigenvalue weighted by molar-refractivity contribution is -0.539. The number of amides is 4. The molecule has 1 atom stereocenters. The van der Waals surface area contributed by atoms with Crippen molar-refractivity contribution in [3.63, 3.8) is 0 Å². The third-order valence-corrected chi connectivity index (χ3v) is 5.79. The predicted molar refractivity (Wildman–Crippen MR) is 112 cm³/mol. The lowest BCUT2D eigenvalue weighted by Gasteiger charge is -2.34. The van der Waals surface area contributed by atoms with Crippen LogP contribution in [0, 0.1) is 0 Å². The van der Waals surface area contributed by atoms with Gasteiger partial charge in [-0.05, 0) is 30.5 Å². The van der Waals surface area contributed by atoms with E-state index in [1.165, 1.54) is 10.5 Å². The minimum atomic E-state index is -0.726. The number of rotatable bonds is 6. The number of likely N-dealkylation sites (N-methyl/N-ethyl adjacent to an activating group) is 1. The Kier molecular flexibility index (Phi) is 5.27. The van der Waals surface area contributed by atoms with Crippen LogP contribution >= 0.6 is 0 Å². The van der Waals surface area contributed by atoms with E-state index in [0.29, 0.717) is 18.3 Å². The average molecular weight is 411 g/mol. The number of primary amides is 1. The highest BCUT2D eigenvalue weighted by molar-refractivity contribution is 6.24. The zero-order chi connectivity index (χ0) is 21.4. The van der Waals surface area contributed by atoms with E-state index in [4.69, 9.17) is 5.73 Å². The second-order valence-electron chi connectivity index (χ2n) is 7.87. The zero-order valence-electron chi connectivity index (χ0n) is 17.4. The van der Waals surface area contributed by atoms with Gasteiger partial charge in [0.05, 0.1) is 13.1 Å². The fourth-order valence-corrected chi connectivity index (χ4v) is 4.22. The second kappa shape index (κ2) is 7.89. The molecule has 0 aromatic heterocycles. The summed E-state index contributed by atoms with van der Waals surface area (Å²) < 4.78 is 1.92. The summed E-state index contributed by atoms with van der Waals surface area (Å²) in [5.41, 5.74) is 7.55. The molecule has 0 spiro atoms. The summed E-state index contributed by atoms with van der Waals surface area (Å²) in [4.78, 5) is 46.0. The molecule has 1 aromatic rings. The van der Waals surface area contributed by atoms with Crippen molar-refractivity contribution >= 4 is 35.3 Å². The highest BCUT2D eigenvalue weighted by atomic mass is 16.2. The molecular weight excluding hydrogens is 384 g/mol. The smallest absolute Gasteiger partial charge is 0.368 e. The molecule has 0 saturated carbocycles. The summed E-state index contributed by atoms with van der Waals surface area (Å²) in [6.45, 7) is 3.17. The van der Waals surface area contributed by atoms with Crippen LogP contribution in [0.3, 0.4) is 0 Å².